The van der Waals surface area contributed by atoms with Gasteiger partial charge in [-0.1, -0.05) is 13.8 Å². The third kappa shape index (κ3) is 4.05. The van der Waals surface area contributed by atoms with E-state index in [0.717, 1.165) is 25.9 Å². The molecule has 1 fully saturated rings. The minimum absolute atomic E-state index is 0.174. The summed E-state index contributed by atoms with van der Waals surface area (Å²) in [5.74, 6) is 0.848. The van der Waals surface area contributed by atoms with Crippen molar-refractivity contribution in [3.05, 3.63) is 12.5 Å². The van der Waals surface area contributed by atoms with Crippen LogP contribution in [0, 0.1) is 11.8 Å². The Morgan fingerprint density at radius 2 is 2.24 bits per heavy atom. The average Bonchev–Trinajstić information content (AvgIpc) is 2.88. The first kappa shape index (κ1) is 16.5. The van der Waals surface area contributed by atoms with E-state index >= 15 is 0 Å². The highest BCUT2D eigenvalue weighted by Gasteiger charge is 2.31. The molecular formula is C14H26N4O2S. The zero-order valence-corrected chi connectivity index (χ0v) is 13.9. The van der Waals surface area contributed by atoms with Crippen LogP contribution in [0.15, 0.2) is 17.6 Å². The molecule has 7 heteroatoms. The molecule has 120 valence electrons. The average molecular weight is 314 g/mol. The SMILES string of the molecule is CNCC1CCCN(S(=O)(=O)c2cn(CC(C)C)cn2)C1. The van der Waals surface area contributed by atoms with Crippen LogP contribution in [0.4, 0.5) is 0 Å². The molecule has 0 saturated carbocycles. The second-order valence-corrected chi connectivity index (χ2v) is 8.12. The predicted octanol–water partition coefficient (Wildman–Crippen LogP) is 1.16. The molecule has 1 aliphatic rings. The van der Waals surface area contributed by atoms with Crippen LogP contribution < -0.4 is 5.32 Å². The molecule has 0 aliphatic carbocycles. The van der Waals surface area contributed by atoms with E-state index < -0.39 is 10.0 Å². The number of rotatable bonds is 6. The van der Waals surface area contributed by atoms with Gasteiger partial charge in [0, 0.05) is 25.8 Å². The third-order valence-electron chi connectivity index (χ3n) is 3.76. The maximum Gasteiger partial charge on any atom is 0.262 e. The van der Waals surface area contributed by atoms with Gasteiger partial charge in [-0.15, -0.1) is 0 Å². The van der Waals surface area contributed by atoms with Gasteiger partial charge in [-0.05, 0) is 38.3 Å². The molecule has 1 unspecified atom stereocenters. The molecule has 0 spiro atoms. The minimum atomic E-state index is -3.45. The monoisotopic (exact) mass is 314 g/mol. The fourth-order valence-corrected chi connectivity index (χ4v) is 4.32. The molecular weight excluding hydrogens is 288 g/mol. The molecule has 1 aromatic heterocycles. The van der Waals surface area contributed by atoms with Crippen molar-refractivity contribution in [3.63, 3.8) is 0 Å². The van der Waals surface area contributed by atoms with Crippen LogP contribution in [0.25, 0.3) is 0 Å². The number of hydrogen-bond acceptors (Lipinski definition) is 4. The summed E-state index contributed by atoms with van der Waals surface area (Å²) in [4.78, 5) is 4.10. The Labute approximate surface area is 127 Å². The molecule has 1 atom stereocenters. The van der Waals surface area contributed by atoms with Crippen molar-refractivity contribution in [3.8, 4) is 0 Å². The summed E-state index contributed by atoms with van der Waals surface area (Å²) in [5.41, 5.74) is 0. The van der Waals surface area contributed by atoms with Crippen molar-refractivity contribution in [1.29, 1.82) is 0 Å². The normalized spacial score (nSPS) is 21.0. The standard InChI is InChI=1S/C14H26N4O2S/c1-12(2)8-17-10-14(16-11-17)21(19,20)18-6-4-5-13(9-18)7-15-3/h10-13,15H,4-9H2,1-3H3. The van der Waals surface area contributed by atoms with Crippen LogP contribution in [-0.2, 0) is 16.6 Å². The van der Waals surface area contributed by atoms with Gasteiger partial charge in [-0.2, -0.15) is 4.31 Å². The molecule has 1 aromatic rings. The van der Waals surface area contributed by atoms with Crippen LogP contribution in [0.3, 0.4) is 0 Å². The van der Waals surface area contributed by atoms with E-state index in [4.69, 9.17) is 0 Å². The van der Waals surface area contributed by atoms with Gasteiger partial charge in [0.05, 0.1) is 6.33 Å². The first-order chi connectivity index (χ1) is 9.93. The molecule has 2 heterocycles. The van der Waals surface area contributed by atoms with Crippen LogP contribution in [0.5, 0.6) is 0 Å². The molecule has 2 rings (SSSR count). The van der Waals surface area contributed by atoms with Crippen LogP contribution in [0.1, 0.15) is 26.7 Å². The first-order valence-electron chi connectivity index (χ1n) is 7.60. The lowest BCUT2D eigenvalue weighted by molar-refractivity contribution is 0.263. The quantitative estimate of drug-likeness (QED) is 0.855. The highest BCUT2D eigenvalue weighted by molar-refractivity contribution is 7.89. The molecule has 1 aliphatic heterocycles. The number of hydrogen-bond donors (Lipinski definition) is 1. The van der Waals surface area contributed by atoms with Gasteiger partial charge in [-0.3, -0.25) is 0 Å². The maximum absolute atomic E-state index is 12.7. The molecule has 0 aromatic carbocycles. The van der Waals surface area contributed by atoms with E-state index in [2.05, 4.69) is 24.1 Å². The van der Waals surface area contributed by atoms with E-state index in [1.165, 1.54) is 0 Å². The van der Waals surface area contributed by atoms with E-state index in [0.29, 0.717) is 24.9 Å². The molecule has 0 bridgehead atoms. The number of nitrogens with zero attached hydrogens (tertiary/aromatic N) is 3. The minimum Gasteiger partial charge on any atom is -0.336 e. The number of sulfonamides is 1. The van der Waals surface area contributed by atoms with Crippen LogP contribution in [-0.4, -0.2) is 49.0 Å². The summed E-state index contributed by atoms with van der Waals surface area (Å²) in [6.07, 6.45) is 5.26. The molecule has 1 N–H and O–H groups in total. The highest BCUT2D eigenvalue weighted by atomic mass is 32.2. The predicted molar refractivity (Wildman–Crippen MR) is 82.5 cm³/mol. The first-order valence-corrected chi connectivity index (χ1v) is 9.04. The van der Waals surface area contributed by atoms with E-state index in [1.54, 1.807) is 16.8 Å². The largest absolute Gasteiger partial charge is 0.336 e. The Bertz CT molecular complexity index is 551. The fourth-order valence-electron chi connectivity index (χ4n) is 2.83. The van der Waals surface area contributed by atoms with E-state index in [1.807, 2.05) is 11.6 Å². The van der Waals surface area contributed by atoms with Crippen molar-refractivity contribution in [1.82, 2.24) is 19.2 Å². The van der Waals surface area contributed by atoms with Crippen molar-refractivity contribution >= 4 is 10.0 Å². The lowest BCUT2D eigenvalue weighted by atomic mass is 10.00. The molecule has 0 radical (unpaired) electrons. The van der Waals surface area contributed by atoms with Crippen molar-refractivity contribution in [2.45, 2.75) is 38.3 Å². The Hall–Kier alpha value is -0.920. The lowest BCUT2D eigenvalue weighted by Gasteiger charge is -2.31. The Balaban J connectivity index is 2.11. The number of piperidine rings is 1. The lowest BCUT2D eigenvalue weighted by Crippen LogP contribution is -2.42. The van der Waals surface area contributed by atoms with Crippen molar-refractivity contribution in [2.24, 2.45) is 11.8 Å². The van der Waals surface area contributed by atoms with Gasteiger partial charge in [0.2, 0.25) is 0 Å². The van der Waals surface area contributed by atoms with Gasteiger partial charge in [-0.25, -0.2) is 13.4 Å². The number of aromatic nitrogens is 2. The Kier molecular flexibility index (Phi) is 5.40. The molecule has 6 nitrogen and oxygen atoms in total. The topological polar surface area (TPSA) is 67.2 Å². The smallest absolute Gasteiger partial charge is 0.262 e. The zero-order chi connectivity index (χ0) is 15.5. The van der Waals surface area contributed by atoms with E-state index in [-0.39, 0.29) is 5.03 Å². The number of imidazole rings is 1. The second-order valence-electron chi connectivity index (χ2n) is 6.23. The summed E-state index contributed by atoms with van der Waals surface area (Å²) >= 11 is 0. The second kappa shape index (κ2) is 6.89. The fraction of sp³-hybridized carbons (Fsp3) is 0.786. The van der Waals surface area contributed by atoms with Crippen LogP contribution >= 0.6 is 0 Å². The molecule has 1 saturated heterocycles. The Morgan fingerprint density at radius 3 is 2.90 bits per heavy atom. The van der Waals surface area contributed by atoms with E-state index in [9.17, 15) is 8.42 Å². The van der Waals surface area contributed by atoms with Crippen molar-refractivity contribution in [2.75, 3.05) is 26.7 Å². The van der Waals surface area contributed by atoms with Gasteiger partial charge in [0.15, 0.2) is 5.03 Å². The summed E-state index contributed by atoms with van der Waals surface area (Å²) in [6.45, 7) is 7.01. The zero-order valence-electron chi connectivity index (χ0n) is 13.1. The molecule has 0 amide bonds. The van der Waals surface area contributed by atoms with Gasteiger partial charge >= 0.3 is 0 Å². The summed E-state index contributed by atoms with van der Waals surface area (Å²) in [5, 5.41) is 3.31. The van der Waals surface area contributed by atoms with Gasteiger partial charge < -0.3 is 9.88 Å². The summed E-state index contributed by atoms with van der Waals surface area (Å²) in [6, 6.07) is 0. The summed E-state index contributed by atoms with van der Waals surface area (Å²) < 4.78 is 28.8. The third-order valence-corrected chi connectivity index (χ3v) is 5.52. The summed E-state index contributed by atoms with van der Waals surface area (Å²) in [7, 11) is -1.55. The highest BCUT2D eigenvalue weighted by Crippen LogP contribution is 2.22. The number of nitrogens with one attached hydrogen (secondary N) is 1. The Morgan fingerprint density at radius 1 is 1.48 bits per heavy atom. The van der Waals surface area contributed by atoms with Crippen LogP contribution in [0.2, 0.25) is 0 Å². The van der Waals surface area contributed by atoms with Crippen molar-refractivity contribution < 1.29 is 8.42 Å². The maximum atomic E-state index is 12.7. The van der Waals surface area contributed by atoms with Gasteiger partial charge in [0.1, 0.15) is 0 Å². The molecule has 21 heavy (non-hydrogen) atoms. The van der Waals surface area contributed by atoms with Gasteiger partial charge in [0.25, 0.3) is 10.0 Å².